The van der Waals surface area contributed by atoms with E-state index in [1.165, 1.54) is 19.3 Å². The van der Waals surface area contributed by atoms with Crippen LogP contribution in [0.15, 0.2) is 0 Å². The molecule has 0 unspecified atom stereocenters. The number of anilines is 1. The van der Waals surface area contributed by atoms with Crippen molar-refractivity contribution in [1.29, 1.82) is 0 Å². The van der Waals surface area contributed by atoms with Crippen molar-refractivity contribution >= 4 is 11.9 Å². The van der Waals surface area contributed by atoms with Crippen molar-refractivity contribution in [3.8, 4) is 0 Å². The normalized spacial score (nSPS) is 19.8. The van der Waals surface area contributed by atoms with Gasteiger partial charge in [0.15, 0.2) is 0 Å². The molecule has 0 spiro atoms. The molecule has 5 nitrogen and oxygen atoms in total. The first-order valence-electron chi connectivity index (χ1n) is 7.30. The van der Waals surface area contributed by atoms with E-state index < -0.39 is 5.97 Å². The fourth-order valence-corrected chi connectivity index (χ4v) is 3.35. The molecule has 0 bridgehead atoms. The van der Waals surface area contributed by atoms with Gasteiger partial charge in [0, 0.05) is 19.0 Å². The van der Waals surface area contributed by atoms with Gasteiger partial charge in [0.05, 0.1) is 17.8 Å². The monoisotopic (exact) mass is 263 g/mol. The number of carboxylic acids is 1. The van der Waals surface area contributed by atoms with Gasteiger partial charge in [0.25, 0.3) is 0 Å². The Balaban J connectivity index is 1.96. The number of aromatic nitrogens is 2. The van der Waals surface area contributed by atoms with Crippen LogP contribution in [-0.4, -0.2) is 27.2 Å². The summed E-state index contributed by atoms with van der Waals surface area (Å²) < 4.78 is 2.08. The minimum atomic E-state index is -0.759. The van der Waals surface area contributed by atoms with E-state index in [2.05, 4.69) is 9.88 Å². The van der Waals surface area contributed by atoms with Crippen LogP contribution in [0, 0.1) is 0 Å². The summed E-state index contributed by atoms with van der Waals surface area (Å²) in [7, 11) is 0. The second kappa shape index (κ2) is 5.23. The number of nitrogens with one attached hydrogen (secondary N) is 1. The van der Waals surface area contributed by atoms with Gasteiger partial charge >= 0.3 is 5.97 Å². The van der Waals surface area contributed by atoms with Crippen LogP contribution >= 0.6 is 0 Å². The lowest BCUT2D eigenvalue weighted by molar-refractivity contribution is -0.136. The van der Waals surface area contributed by atoms with Crippen molar-refractivity contribution in [1.82, 2.24) is 9.55 Å². The molecule has 2 heterocycles. The Hall–Kier alpha value is -1.52. The Morgan fingerprint density at radius 2 is 2.11 bits per heavy atom. The number of rotatable bonds is 3. The van der Waals surface area contributed by atoms with Crippen molar-refractivity contribution in [2.24, 2.45) is 0 Å². The third-order valence-corrected chi connectivity index (χ3v) is 4.26. The first-order valence-corrected chi connectivity index (χ1v) is 7.30. The predicted molar refractivity (Wildman–Crippen MR) is 72.5 cm³/mol. The SMILES string of the molecule is O=C(O)Cc1c(C2CCCCC2)nc2n1CCCN2. The van der Waals surface area contributed by atoms with Crippen LogP contribution in [0.25, 0.3) is 0 Å². The van der Waals surface area contributed by atoms with Crippen LogP contribution in [0.2, 0.25) is 0 Å². The highest BCUT2D eigenvalue weighted by Gasteiger charge is 2.27. The van der Waals surface area contributed by atoms with E-state index in [1.807, 2.05) is 0 Å². The lowest BCUT2D eigenvalue weighted by Gasteiger charge is -2.21. The summed E-state index contributed by atoms with van der Waals surface area (Å²) in [6.45, 7) is 1.83. The predicted octanol–water partition coefficient (Wildman–Crippen LogP) is 2.37. The van der Waals surface area contributed by atoms with Gasteiger partial charge in [-0.25, -0.2) is 4.98 Å². The molecule has 0 atom stereocenters. The highest BCUT2D eigenvalue weighted by molar-refractivity contribution is 5.70. The largest absolute Gasteiger partial charge is 0.481 e. The number of carbonyl (C=O) groups is 1. The van der Waals surface area contributed by atoms with Crippen molar-refractivity contribution < 1.29 is 9.90 Å². The Labute approximate surface area is 113 Å². The zero-order valence-electron chi connectivity index (χ0n) is 11.2. The van der Waals surface area contributed by atoms with E-state index in [0.29, 0.717) is 5.92 Å². The molecule has 1 aliphatic heterocycles. The number of hydrogen-bond acceptors (Lipinski definition) is 3. The molecule has 0 radical (unpaired) electrons. The fourth-order valence-electron chi connectivity index (χ4n) is 3.35. The summed E-state index contributed by atoms with van der Waals surface area (Å²) in [6, 6.07) is 0. The minimum Gasteiger partial charge on any atom is -0.481 e. The number of nitrogens with zero attached hydrogens (tertiary/aromatic N) is 2. The summed E-state index contributed by atoms with van der Waals surface area (Å²) in [5, 5.41) is 12.4. The van der Waals surface area contributed by atoms with Crippen molar-refractivity contribution in [2.75, 3.05) is 11.9 Å². The molecule has 1 aliphatic carbocycles. The Kier molecular flexibility index (Phi) is 3.44. The van der Waals surface area contributed by atoms with Gasteiger partial charge in [-0.3, -0.25) is 4.79 Å². The molecule has 1 aromatic rings. The maximum atomic E-state index is 11.1. The van der Waals surface area contributed by atoms with Crippen LogP contribution in [0.4, 0.5) is 5.95 Å². The van der Waals surface area contributed by atoms with E-state index in [4.69, 9.17) is 10.1 Å². The molecule has 19 heavy (non-hydrogen) atoms. The van der Waals surface area contributed by atoms with Gasteiger partial charge in [0.1, 0.15) is 0 Å². The molecule has 1 saturated carbocycles. The van der Waals surface area contributed by atoms with Gasteiger partial charge in [0.2, 0.25) is 5.95 Å². The molecule has 0 aromatic carbocycles. The molecule has 2 aliphatic rings. The van der Waals surface area contributed by atoms with Crippen LogP contribution in [0.3, 0.4) is 0 Å². The average molecular weight is 263 g/mol. The van der Waals surface area contributed by atoms with E-state index in [0.717, 1.165) is 49.7 Å². The first kappa shape index (κ1) is 12.5. The average Bonchev–Trinajstić information content (AvgIpc) is 2.78. The smallest absolute Gasteiger partial charge is 0.309 e. The molecule has 2 N–H and O–H groups in total. The number of carboxylic acid groups (broad SMARTS) is 1. The molecule has 5 heteroatoms. The second-order valence-electron chi connectivity index (χ2n) is 5.60. The molecular formula is C14H21N3O2. The highest BCUT2D eigenvalue weighted by atomic mass is 16.4. The fraction of sp³-hybridized carbons (Fsp3) is 0.714. The quantitative estimate of drug-likeness (QED) is 0.878. The van der Waals surface area contributed by atoms with Crippen LogP contribution in [0.5, 0.6) is 0 Å². The Morgan fingerprint density at radius 3 is 2.84 bits per heavy atom. The molecule has 0 saturated heterocycles. The summed E-state index contributed by atoms with van der Waals surface area (Å²) >= 11 is 0. The van der Waals surface area contributed by atoms with Crippen LogP contribution in [0.1, 0.15) is 55.8 Å². The molecule has 1 fully saturated rings. The molecule has 0 amide bonds. The summed E-state index contributed by atoms with van der Waals surface area (Å²) in [4.78, 5) is 15.8. The van der Waals surface area contributed by atoms with Gasteiger partial charge < -0.3 is 15.0 Å². The van der Waals surface area contributed by atoms with E-state index in [9.17, 15) is 4.79 Å². The van der Waals surface area contributed by atoms with Gasteiger partial charge in [-0.15, -0.1) is 0 Å². The zero-order chi connectivity index (χ0) is 13.2. The minimum absolute atomic E-state index is 0.0977. The summed E-state index contributed by atoms with van der Waals surface area (Å²) in [5.41, 5.74) is 1.98. The standard InChI is InChI=1S/C14H21N3O2/c18-12(19)9-11-13(10-5-2-1-3-6-10)16-14-15-7-4-8-17(11)14/h10H,1-9H2,(H,15,16)(H,18,19). The first-order chi connectivity index (χ1) is 9.25. The van der Waals surface area contributed by atoms with Crippen molar-refractivity contribution in [3.63, 3.8) is 0 Å². The number of fused-ring (bicyclic) bond motifs is 1. The number of imidazole rings is 1. The maximum absolute atomic E-state index is 11.1. The van der Waals surface area contributed by atoms with Crippen LogP contribution in [-0.2, 0) is 17.8 Å². The molecular weight excluding hydrogens is 242 g/mol. The molecule has 3 rings (SSSR count). The molecule has 104 valence electrons. The maximum Gasteiger partial charge on any atom is 0.309 e. The number of hydrogen-bond donors (Lipinski definition) is 2. The molecule has 1 aromatic heterocycles. The summed E-state index contributed by atoms with van der Waals surface area (Å²) in [5.74, 6) is 0.580. The lowest BCUT2D eigenvalue weighted by Crippen LogP contribution is -2.20. The third-order valence-electron chi connectivity index (χ3n) is 4.26. The van der Waals surface area contributed by atoms with Crippen LogP contribution < -0.4 is 5.32 Å². The Morgan fingerprint density at radius 1 is 1.32 bits per heavy atom. The van der Waals surface area contributed by atoms with E-state index in [1.54, 1.807) is 0 Å². The van der Waals surface area contributed by atoms with Crippen molar-refractivity contribution in [2.45, 2.75) is 57.4 Å². The van der Waals surface area contributed by atoms with Crippen molar-refractivity contribution in [3.05, 3.63) is 11.4 Å². The second-order valence-corrected chi connectivity index (χ2v) is 5.60. The zero-order valence-corrected chi connectivity index (χ0v) is 11.2. The third kappa shape index (κ3) is 2.46. The van der Waals surface area contributed by atoms with E-state index >= 15 is 0 Å². The summed E-state index contributed by atoms with van der Waals surface area (Å²) in [6.07, 6.45) is 7.24. The number of aliphatic carboxylic acids is 1. The van der Waals surface area contributed by atoms with Gasteiger partial charge in [-0.1, -0.05) is 19.3 Å². The topological polar surface area (TPSA) is 67.1 Å². The highest BCUT2D eigenvalue weighted by Crippen LogP contribution is 2.36. The van der Waals surface area contributed by atoms with E-state index in [-0.39, 0.29) is 6.42 Å². The lowest BCUT2D eigenvalue weighted by atomic mass is 9.86. The Bertz CT molecular complexity index is 475. The van der Waals surface area contributed by atoms with Gasteiger partial charge in [-0.2, -0.15) is 0 Å². The van der Waals surface area contributed by atoms with Gasteiger partial charge in [-0.05, 0) is 19.3 Å².